The van der Waals surface area contributed by atoms with Crippen LogP contribution in [0, 0.1) is 5.82 Å². The molecule has 2 aromatic carbocycles. The average Bonchev–Trinajstić information content (AvgIpc) is 3.22. The Bertz CT molecular complexity index is 645. The van der Waals surface area contributed by atoms with E-state index < -0.39 is 5.82 Å². The Kier molecular flexibility index (Phi) is 3.57. The van der Waals surface area contributed by atoms with E-state index >= 15 is 0 Å². The highest BCUT2D eigenvalue weighted by Gasteiger charge is 2.24. The van der Waals surface area contributed by atoms with Crippen LogP contribution in [0.2, 0.25) is 0 Å². The largest absolute Gasteiger partial charge is 0.490 e. The summed E-state index contributed by atoms with van der Waals surface area (Å²) in [7, 11) is 0. The van der Waals surface area contributed by atoms with Gasteiger partial charge < -0.3 is 4.74 Å². The topological polar surface area (TPSA) is 26.3 Å². The van der Waals surface area contributed by atoms with E-state index in [1.165, 1.54) is 6.07 Å². The van der Waals surface area contributed by atoms with Crippen LogP contribution >= 0.6 is 15.9 Å². The number of hydrogen-bond donors (Lipinski definition) is 0. The highest BCUT2D eigenvalue weighted by Crippen LogP contribution is 2.28. The highest BCUT2D eigenvalue weighted by atomic mass is 79.9. The molecule has 102 valence electrons. The van der Waals surface area contributed by atoms with E-state index in [4.69, 9.17) is 4.74 Å². The number of rotatable bonds is 4. The maximum absolute atomic E-state index is 13.8. The van der Waals surface area contributed by atoms with Gasteiger partial charge in [0.15, 0.2) is 5.78 Å². The van der Waals surface area contributed by atoms with Gasteiger partial charge >= 0.3 is 0 Å². The van der Waals surface area contributed by atoms with Gasteiger partial charge in [-0.1, -0.05) is 18.2 Å². The summed E-state index contributed by atoms with van der Waals surface area (Å²) in [5.74, 6) is -0.222. The summed E-state index contributed by atoms with van der Waals surface area (Å²) < 4.78 is 19.9. The van der Waals surface area contributed by atoms with Crippen LogP contribution < -0.4 is 4.74 Å². The third-order valence-electron chi connectivity index (χ3n) is 3.11. The first-order valence-corrected chi connectivity index (χ1v) is 7.20. The molecule has 0 heterocycles. The molecule has 1 aliphatic rings. The quantitative estimate of drug-likeness (QED) is 0.776. The van der Waals surface area contributed by atoms with E-state index in [9.17, 15) is 9.18 Å². The normalized spacial score (nSPS) is 14.1. The molecule has 0 amide bonds. The van der Waals surface area contributed by atoms with E-state index in [1.807, 2.05) is 6.07 Å². The molecule has 0 aromatic heterocycles. The van der Waals surface area contributed by atoms with Crippen LogP contribution in [-0.4, -0.2) is 11.9 Å². The van der Waals surface area contributed by atoms with Gasteiger partial charge in [-0.15, -0.1) is 0 Å². The maximum Gasteiger partial charge on any atom is 0.197 e. The number of benzene rings is 2. The summed E-state index contributed by atoms with van der Waals surface area (Å²) in [5.41, 5.74) is 0.477. The average molecular weight is 335 g/mol. The zero-order valence-electron chi connectivity index (χ0n) is 10.6. The predicted octanol–water partition coefficient (Wildman–Crippen LogP) is 4.36. The Labute approximate surface area is 124 Å². The molecular weight excluding hydrogens is 323 g/mol. The van der Waals surface area contributed by atoms with Crippen LogP contribution in [0.15, 0.2) is 46.9 Å². The minimum atomic E-state index is -0.530. The molecule has 0 atom stereocenters. The first kappa shape index (κ1) is 13.3. The standard InChI is InChI=1S/C16H12BrFO2/c17-13-5-2-6-14(18)15(13)16(19)10-3-1-4-12(9-10)20-11-7-8-11/h1-6,9,11H,7-8H2. The molecule has 2 nitrogen and oxygen atoms in total. The molecule has 4 heteroatoms. The molecule has 1 saturated carbocycles. The van der Waals surface area contributed by atoms with Gasteiger partial charge in [-0.25, -0.2) is 4.39 Å². The van der Waals surface area contributed by atoms with E-state index in [2.05, 4.69) is 15.9 Å². The minimum absolute atomic E-state index is 0.0519. The number of halogens is 2. The van der Waals surface area contributed by atoms with E-state index in [1.54, 1.807) is 30.3 Å². The number of ketones is 1. The Balaban J connectivity index is 1.93. The van der Waals surface area contributed by atoms with Crippen molar-refractivity contribution in [3.05, 3.63) is 63.9 Å². The lowest BCUT2D eigenvalue weighted by Crippen LogP contribution is -2.06. The SMILES string of the molecule is O=C(c1cccc(OC2CC2)c1)c1c(F)cccc1Br. The third kappa shape index (κ3) is 2.75. The fraction of sp³-hybridized carbons (Fsp3) is 0.188. The van der Waals surface area contributed by atoms with Crippen molar-refractivity contribution in [1.82, 2.24) is 0 Å². The summed E-state index contributed by atoms with van der Waals surface area (Å²) in [4.78, 5) is 12.4. The van der Waals surface area contributed by atoms with Gasteiger partial charge in [0.1, 0.15) is 11.6 Å². The molecule has 2 aromatic rings. The van der Waals surface area contributed by atoms with Crippen molar-refractivity contribution < 1.29 is 13.9 Å². The van der Waals surface area contributed by atoms with Crippen molar-refractivity contribution in [2.75, 3.05) is 0 Å². The second-order valence-electron chi connectivity index (χ2n) is 4.77. The molecule has 0 spiro atoms. The number of carbonyl (C=O) groups is 1. The van der Waals surface area contributed by atoms with Crippen LogP contribution in [0.3, 0.4) is 0 Å². The smallest absolute Gasteiger partial charge is 0.197 e. The molecule has 0 radical (unpaired) electrons. The van der Waals surface area contributed by atoms with Gasteiger partial charge in [0.05, 0.1) is 11.7 Å². The van der Waals surface area contributed by atoms with E-state index in [-0.39, 0.29) is 17.5 Å². The summed E-state index contributed by atoms with van der Waals surface area (Å²) in [6, 6.07) is 11.4. The van der Waals surface area contributed by atoms with Crippen molar-refractivity contribution in [2.45, 2.75) is 18.9 Å². The fourth-order valence-electron chi connectivity index (χ4n) is 1.95. The molecule has 0 unspecified atom stereocenters. The molecule has 1 fully saturated rings. The summed E-state index contributed by atoms with van der Waals surface area (Å²) >= 11 is 3.22. The van der Waals surface area contributed by atoms with Crippen LogP contribution in [0.4, 0.5) is 4.39 Å². The summed E-state index contributed by atoms with van der Waals surface area (Å²) in [5, 5.41) is 0. The lowest BCUT2D eigenvalue weighted by molar-refractivity contribution is 0.103. The van der Waals surface area contributed by atoms with E-state index in [0.29, 0.717) is 15.8 Å². The van der Waals surface area contributed by atoms with Crippen LogP contribution in [0.25, 0.3) is 0 Å². The van der Waals surface area contributed by atoms with Gasteiger partial charge in [0.2, 0.25) is 0 Å². The first-order chi connectivity index (χ1) is 9.65. The lowest BCUT2D eigenvalue weighted by atomic mass is 10.0. The molecule has 0 bridgehead atoms. The lowest BCUT2D eigenvalue weighted by Gasteiger charge is -2.08. The van der Waals surface area contributed by atoms with Crippen molar-refractivity contribution in [3.8, 4) is 5.75 Å². The second kappa shape index (κ2) is 5.37. The zero-order chi connectivity index (χ0) is 14.1. The first-order valence-electron chi connectivity index (χ1n) is 6.40. The van der Waals surface area contributed by atoms with Gasteiger partial charge in [-0.05, 0) is 53.0 Å². The number of ether oxygens (including phenoxy) is 1. The maximum atomic E-state index is 13.8. The van der Waals surface area contributed by atoms with Crippen molar-refractivity contribution >= 4 is 21.7 Å². The molecule has 0 aliphatic heterocycles. The van der Waals surface area contributed by atoms with Crippen molar-refractivity contribution in [3.63, 3.8) is 0 Å². The number of hydrogen-bond acceptors (Lipinski definition) is 2. The molecule has 20 heavy (non-hydrogen) atoms. The summed E-state index contributed by atoms with van der Waals surface area (Å²) in [6.45, 7) is 0. The van der Waals surface area contributed by atoms with Crippen LogP contribution in [0.5, 0.6) is 5.75 Å². The Morgan fingerprint density at radius 3 is 2.65 bits per heavy atom. The monoisotopic (exact) mass is 334 g/mol. The Morgan fingerprint density at radius 2 is 1.95 bits per heavy atom. The molecule has 0 N–H and O–H groups in total. The Morgan fingerprint density at radius 1 is 1.20 bits per heavy atom. The van der Waals surface area contributed by atoms with Gasteiger partial charge in [0.25, 0.3) is 0 Å². The third-order valence-corrected chi connectivity index (χ3v) is 3.77. The molecule has 1 aliphatic carbocycles. The van der Waals surface area contributed by atoms with Crippen molar-refractivity contribution in [2.24, 2.45) is 0 Å². The second-order valence-corrected chi connectivity index (χ2v) is 5.63. The fourth-order valence-corrected chi connectivity index (χ4v) is 2.47. The van der Waals surface area contributed by atoms with Crippen LogP contribution in [-0.2, 0) is 0 Å². The molecular formula is C16H12BrFO2. The van der Waals surface area contributed by atoms with E-state index in [0.717, 1.165) is 12.8 Å². The van der Waals surface area contributed by atoms with Crippen LogP contribution in [0.1, 0.15) is 28.8 Å². The van der Waals surface area contributed by atoms with Gasteiger partial charge in [-0.3, -0.25) is 4.79 Å². The molecule has 3 rings (SSSR count). The summed E-state index contributed by atoms with van der Waals surface area (Å²) in [6.07, 6.45) is 2.37. The van der Waals surface area contributed by atoms with Gasteiger partial charge in [-0.2, -0.15) is 0 Å². The zero-order valence-corrected chi connectivity index (χ0v) is 12.2. The molecule has 0 saturated heterocycles. The van der Waals surface area contributed by atoms with Gasteiger partial charge in [0, 0.05) is 10.0 Å². The Hall–Kier alpha value is -1.68. The highest BCUT2D eigenvalue weighted by molar-refractivity contribution is 9.10. The number of carbonyl (C=O) groups excluding carboxylic acids is 1. The van der Waals surface area contributed by atoms with Crippen molar-refractivity contribution in [1.29, 1.82) is 0 Å². The minimum Gasteiger partial charge on any atom is -0.490 e. The predicted molar refractivity (Wildman–Crippen MR) is 77.6 cm³/mol.